The number of aromatic nitrogens is 4. The van der Waals surface area contributed by atoms with E-state index in [4.69, 9.17) is 0 Å². The summed E-state index contributed by atoms with van der Waals surface area (Å²) in [7, 11) is 0. The van der Waals surface area contributed by atoms with Gasteiger partial charge >= 0.3 is 0 Å². The van der Waals surface area contributed by atoms with Gasteiger partial charge in [0, 0.05) is 16.5 Å². The molecule has 9 heteroatoms. The van der Waals surface area contributed by atoms with E-state index >= 15 is 0 Å². The molecular weight excluding hydrogens is 358 g/mol. The number of anilines is 1. The maximum absolute atomic E-state index is 12.1. The van der Waals surface area contributed by atoms with Gasteiger partial charge in [0.2, 0.25) is 11.0 Å². The summed E-state index contributed by atoms with van der Waals surface area (Å²) in [4.78, 5) is 25.2. The summed E-state index contributed by atoms with van der Waals surface area (Å²) < 4.78 is 1.14. The normalized spacial score (nSPS) is 10.6. The zero-order valence-electron chi connectivity index (χ0n) is 13.6. The first kappa shape index (κ1) is 17.3. The Kier molecular flexibility index (Phi) is 5.25. The van der Waals surface area contributed by atoms with Crippen molar-refractivity contribution < 1.29 is 4.79 Å². The molecular formula is C16H15N5O2S2. The average Bonchev–Trinajstić information content (AvgIpc) is 3.01. The number of hydrogen-bond acceptors (Lipinski definition) is 7. The number of rotatable bonds is 5. The highest BCUT2D eigenvalue weighted by Gasteiger charge is 2.10. The third kappa shape index (κ3) is 4.31. The lowest BCUT2D eigenvalue weighted by molar-refractivity contribution is -0.117. The molecule has 0 aliphatic rings. The minimum atomic E-state index is -0.374. The van der Waals surface area contributed by atoms with E-state index in [2.05, 4.69) is 20.6 Å². The van der Waals surface area contributed by atoms with Crippen molar-refractivity contribution in [2.75, 3.05) is 11.6 Å². The van der Waals surface area contributed by atoms with Crippen LogP contribution in [0.3, 0.4) is 0 Å². The Morgan fingerprint density at radius 1 is 1.20 bits per heavy atom. The Bertz CT molecular complexity index is 950. The van der Waals surface area contributed by atoms with Crippen molar-refractivity contribution in [3.05, 3.63) is 51.8 Å². The van der Waals surface area contributed by atoms with Crippen molar-refractivity contribution in [1.29, 1.82) is 0 Å². The zero-order valence-corrected chi connectivity index (χ0v) is 15.2. The highest BCUT2D eigenvalue weighted by Crippen LogP contribution is 2.20. The third-order valence-electron chi connectivity index (χ3n) is 3.32. The van der Waals surface area contributed by atoms with Gasteiger partial charge < -0.3 is 0 Å². The molecule has 0 bridgehead atoms. The molecule has 1 amide bonds. The molecule has 0 aliphatic heterocycles. The minimum absolute atomic E-state index is 0.186. The largest absolute Gasteiger partial charge is 0.299 e. The second-order valence-electron chi connectivity index (χ2n) is 5.12. The third-order valence-corrected chi connectivity index (χ3v) is 4.82. The van der Waals surface area contributed by atoms with Crippen LogP contribution in [-0.2, 0) is 11.3 Å². The Balaban J connectivity index is 1.79. The number of benzene rings is 1. The predicted molar refractivity (Wildman–Crippen MR) is 99.0 cm³/mol. The Hall–Kier alpha value is -2.52. The molecule has 7 nitrogen and oxygen atoms in total. The van der Waals surface area contributed by atoms with Crippen LogP contribution in [0, 0.1) is 6.92 Å². The van der Waals surface area contributed by atoms with E-state index < -0.39 is 0 Å². The zero-order chi connectivity index (χ0) is 17.8. The molecule has 0 aliphatic carbocycles. The van der Waals surface area contributed by atoms with Crippen LogP contribution in [0.25, 0.3) is 11.3 Å². The highest BCUT2D eigenvalue weighted by atomic mass is 32.2. The van der Waals surface area contributed by atoms with Crippen molar-refractivity contribution in [2.24, 2.45) is 0 Å². The minimum Gasteiger partial charge on any atom is -0.299 e. The fraction of sp³-hybridized carbons (Fsp3) is 0.188. The van der Waals surface area contributed by atoms with Crippen LogP contribution in [0.15, 0.2) is 46.1 Å². The van der Waals surface area contributed by atoms with Crippen LogP contribution in [-0.4, -0.2) is 32.1 Å². The van der Waals surface area contributed by atoms with Crippen LogP contribution in [0.2, 0.25) is 0 Å². The molecule has 0 spiro atoms. The number of amides is 1. The van der Waals surface area contributed by atoms with Crippen LogP contribution in [0.5, 0.6) is 0 Å². The molecule has 0 unspecified atom stereocenters. The lowest BCUT2D eigenvalue weighted by Gasteiger charge is -2.07. The molecule has 0 saturated heterocycles. The average molecular weight is 373 g/mol. The quantitative estimate of drug-likeness (QED) is 0.691. The molecule has 1 aromatic carbocycles. The summed E-state index contributed by atoms with van der Waals surface area (Å²) in [5, 5.41) is 15.7. The number of carbonyl (C=O) groups excluding carboxylic acids is 1. The van der Waals surface area contributed by atoms with Gasteiger partial charge in [0.1, 0.15) is 11.6 Å². The lowest BCUT2D eigenvalue weighted by Crippen LogP contribution is -2.29. The van der Waals surface area contributed by atoms with E-state index in [0.717, 1.165) is 20.1 Å². The standard InChI is InChI=1S/C16H15N5O2S2/c1-10-18-19-16(25-10)17-14(22)9-21-15(23)8-7-13(20-21)11-3-5-12(24-2)6-4-11/h3-8H,9H2,1-2H3,(H,17,19,22). The molecule has 2 aromatic heterocycles. The topological polar surface area (TPSA) is 89.8 Å². The van der Waals surface area contributed by atoms with E-state index in [0.29, 0.717) is 10.8 Å². The smallest absolute Gasteiger partial charge is 0.267 e. The van der Waals surface area contributed by atoms with Crippen molar-refractivity contribution >= 4 is 34.1 Å². The Morgan fingerprint density at radius 2 is 1.96 bits per heavy atom. The van der Waals surface area contributed by atoms with Crippen LogP contribution < -0.4 is 10.9 Å². The van der Waals surface area contributed by atoms with E-state index in [1.165, 1.54) is 17.4 Å². The number of nitrogens with zero attached hydrogens (tertiary/aromatic N) is 4. The predicted octanol–water partition coefficient (Wildman–Crippen LogP) is 2.43. The molecule has 3 aromatic rings. The molecule has 0 radical (unpaired) electrons. The van der Waals surface area contributed by atoms with Gasteiger partial charge in [-0.15, -0.1) is 22.0 Å². The summed E-state index contributed by atoms with van der Waals surface area (Å²) in [6, 6.07) is 10.9. The maximum atomic E-state index is 12.1. The molecule has 0 saturated carbocycles. The Morgan fingerprint density at radius 3 is 2.60 bits per heavy atom. The fourth-order valence-corrected chi connectivity index (χ4v) is 3.14. The van der Waals surface area contributed by atoms with E-state index in [1.54, 1.807) is 24.8 Å². The van der Waals surface area contributed by atoms with Gasteiger partial charge in [-0.3, -0.25) is 14.9 Å². The first-order valence-electron chi connectivity index (χ1n) is 7.38. The van der Waals surface area contributed by atoms with E-state index in [1.807, 2.05) is 30.5 Å². The van der Waals surface area contributed by atoms with Gasteiger partial charge in [-0.25, -0.2) is 4.68 Å². The number of aryl methyl sites for hydroxylation is 1. The number of nitrogens with one attached hydrogen (secondary N) is 1. The summed E-state index contributed by atoms with van der Waals surface area (Å²) in [6.45, 7) is 1.61. The summed E-state index contributed by atoms with van der Waals surface area (Å²) in [5.41, 5.74) is 1.17. The second kappa shape index (κ2) is 7.58. The van der Waals surface area contributed by atoms with Gasteiger partial charge in [-0.05, 0) is 31.4 Å². The maximum Gasteiger partial charge on any atom is 0.267 e. The number of carbonyl (C=O) groups is 1. The fourth-order valence-electron chi connectivity index (χ4n) is 2.12. The van der Waals surface area contributed by atoms with Crippen molar-refractivity contribution in [3.8, 4) is 11.3 Å². The van der Waals surface area contributed by atoms with Gasteiger partial charge in [0.15, 0.2) is 0 Å². The summed E-state index contributed by atoms with van der Waals surface area (Å²) in [5.74, 6) is -0.374. The molecule has 0 atom stereocenters. The van der Waals surface area contributed by atoms with Gasteiger partial charge in [-0.1, -0.05) is 23.5 Å². The first-order valence-corrected chi connectivity index (χ1v) is 9.42. The summed E-state index contributed by atoms with van der Waals surface area (Å²) >= 11 is 2.92. The van der Waals surface area contributed by atoms with Crippen LogP contribution >= 0.6 is 23.1 Å². The highest BCUT2D eigenvalue weighted by molar-refractivity contribution is 7.98. The molecule has 128 valence electrons. The summed E-state index contributed by atoms with van der Waals surface area (Å²) in [6.07, 6.45) is 2.01. The molecule has 3 rings (SSSR count). The number of thioether (sulfide) groups is 1. The monoisotopic (exact) mass is 373 g/mol. The molecule has 2 heterocycles. The first-order chi connectivity index (χ1) is 12.0. The van der Waals surface area contributed by atoms with Crippen molar-refractivity contribution in [3.63, 3.8) is 0 Å². The molecule has 1 N–H and O–H groups in total. The van der Waals surface area contributed by atoms with Gasteiger partial charge in [-0.2, -0.15) is 5.10 Å². The van der Waals surface area contributed by atoms with E-state index in [-0.39, 0.29) is 18.0 Å². The van der Waals surface area contributed by atoms with Gasteiger partial charge in [0.05, 0.1) is 5.69 Å². The molecule has 0 fully saturated rings. The SMILES string of the molecule is CSc1ccc(-c2ccc(=O)n(CC(=O)Nc3nnc(C)s3)n2)cc1. The number of hydrogen-bond donors (Lipinski definition) is 1. The van der Waals surface area contributed by atoms with E-state index in [9.17, 15) is 9.59 Å². The van der Waals surface area contributed by atoms with Crippen molar-refractivity contribution in [2.45, 2.75) is 18.4 Å². The second-order valence-corrected chi connectivity index (χ2v) is 7.18. The van der Waals surface area contributed by atoms with Crippen LogP contribution in [0.4, 0.5) is 5.13 Å². The molecule has 25 heavy (non-hydrogen) atoms. The van der Waals surface area contributed by atoms with Crippen molar-refractivity contribution in [1.82, 2.24) is 20.0 Å². The van der Waals surface area contributed by atoms with Crippen LogP contribution in [0.1, 0.15) is 5.01 Å². The lowest BCUT2D eigenvalue weighted by atomic mass is 10.1. The Labute approximate surface area is 152 Å². The van der Waals surface area contributed by atoms with Gasteiger partial charge in [0.25, 0.3) is 5.56 Å².